The van der Waals surface area contributed by atoms with Gasteiger partial charge in [-0.25, -0.2) is 4.98 Å². The summed E-state index contributed by atoms with van der Waals surface area (Å²) in [7, 11) is 6.19. The van der Waals surface area contributed by atoms with Crippen LogP contribution in [0.5, 0.6) is 0 Å². The summed E-state index contributed by atoms with van der Waals surface area (Å²) in [5.74, 6) is 1.53. The SMILES string of the molecule is CN(C)CCOCC1CN(Cc2nccn2C)Cc2ccnn2C1. The van der Waals surface area contributed by atoms with Crippen LogP contribution in [0.2, 0.25) is 0 Å². The fourth-order valence-electron chi connectivity index (χ4n) is 3.09. The molecule has 0 aliphatic carbocycles. The maximum Gasteiger partial charge on any atom is 0.122 e. The van der Waals surface area contributed by atoms with E-state index in [9.17, 15) is 0 Å². The maximum absolute atomic E-state index is 5.91. The molecule has 1 aliphatic heterocycles. The van der Waals surface area contributed by atoms with E-state index in [1.54, 1.807) is 0 Å². The Balaban J connectivity index is 1.63. The highest BCUT2D eigenvalue weighted by Crippen LogP contribution is 2.18. The molecular weight excluding hydrogens is 304 g/mol. The molecule has 3 rings (SSSR count). The molecule has 1 atom stereocenters. The predicted molar refractivity (Wildman–Crippen MR) is 92.4 cm³/mol. The lowest BCUT2D eigenvalue weighted by molar-refractivity contribution is 0.0667. The van der Waals surface area contributed by atoms with E-state index in [2.05, 4.69) is 49.3 Å². The third kappa shape index (κ3) is 4.43. The van der Waals surface area contributed by atoms with Crippen molar-refractivity contribution in [2.75, 3.05) is 40.4 Å². The van der Waals surface area contributed by atoms with Crippen LogP contribution in [-0.4, -0.2) is 69.5 Å². The van der Waals surface area contributed by atoms with E-state index in [0.717, 1.165) is 51.8 Å². The van der Waals surface area contributed by atoms with Crippen LogP contribution in [0, 0.1) is 5.92 Å². The number of rotatable bonds is 7. The minimum absolute atomic E-state index is 0.439. The lowest BCUT2D eigenvalue weighted by Crippen LogP contribution is -2.31. The number of nitrogens with zero attached hydrogens (tertiary/aromatic N) is 6. The van der Waals surface area contributed by atoms with Crippen molar-refractivity contribution in [3.63, 3.8) is 0 Å². The van der Waals surface area contributed by atoms with Gasteiger partial charge in [0.05, 0.1) is 25.5 Å². The Labute approximate surface area is 143 Å². The molecule has 2 aromatic rings. The molecule has 2 aromatic heterocycles. The van der Waals surface area contributed by atoms with Crippen LogP contribution in [0.3, 0.4) is 0 Å². The number of likely N-dealkylation sites (N-methyl/N-ethyl adjacent to an activating group) is 1. The number of hydrogen-bond acceptors (Lipinski definition) is 5. The molecule has 0 saturated heterocycles. The quantitative estimate of drug-likeness (QED) is 0.703. The summed E-state index contributed by atoms with van der Waals surface area (Å²) in [5, 5.41) is 4.48. The summed E-state index contributed by atoms with van der Waals surface area (Å²) >= 11 is 0. The van der Waals surface area contributed by atoms with E-state index in [0.29, 0.717) is 5.92 Å². The van der Waals surface area contributed by atoms with Gasteiger partial charge in [-0.1, -0.05) is 0 Å². The van der Waals surface area contributed by atoms with Crippen LogP contribution in [0.15, 0.2) is 24.7 Å². The standard InChI is InChI=1S/C17H28N6O/c1-20(2)8-9-24-14-15-10-22(13-17-18-6-7-21(17)3)12-16-4-5-19-23(16)11-15/h4-7,15H,8-14H2,1-3H3. The fraction of sp³-hybridized carbons (Fsp3) is 0.647. The summed E-state index contributed by atoms with van der Waals surface area (Å²) in [6.07, 6.45) is 5.75. The second-order valence-corrected chi connectivity index (χ2v) is 6.87. The van der Waals surface area contributed by atoms with Crippen molar-refractivity contribution in [1.82, 2.24) is 29.1 Å². The number of hydrogen-bond donors (Lipinski definition) is 0. The molecular formula is C17H28N6O. The molecule has 0 spiro atoms. The van der Waals surface area contributed by atoms with Gasteiger partial charge in [0.15, 0.2) is 0 Å². The van der Waals surface area contributed by atoms with Crippen LogP contribution in [0.1, 0.15) is 11.5 Å². The van der Waals surface area contributed by atoms with Crippen LogP contribution in [0.25, 0.3) is 0 Å². The molecule has 0 aromatic carbocycles. The zero-order chi connectivity index (χ0) is 16.9. The Bertz CT molecular complexity index is 635. The second-order valence-electron chi connectivity index (χ2n) is 6.87. The van der Waals surface area contributed by atoms with Gasteiger partial charge in [-0.15, -0.1) is 0 Å². The Morgan fingerprint density at radius 1 is 1.29 bits per heavy atom. The van der Waals surface area contributed by atoms with Gasteiger partial charge in [-0.2, -0.15) is 5.10 Å². The van der Waals surface area contributed by atoms with Crippen molar-refractivity contribution in [3.8, 4) is 0 Å². The molecule has 7 nitrogen and oxygen atoms in total. The van der Waals surface area contributed by atoms with Crippen molar-refractivity contribution in [3.05, 3.63) is 36.2 Å². The first kappa shape index (κ1) is 17.1. The third-order valence-corrected chi connectivity index (χ3v) is 4.46. The minimum atomic E-state index is 0.439. The average molecular weight is 332 g/mol. The van der Waals surface area contributed by atoms with E-state index in [4.69, 9.17) is 4.74 Å². The van der Waals surface area contributed by atoms with Crippen molar-refractivity contribution in [2.24, 2.45) is 13.0 Å². The van der Waals surface area contributed by atoms with Gasteiger partial charge in [0.2, 0.25) is 0 Å². The number of imidazole rings is 1. The highest BCUT2D eigenvalue weighted by atomic mass is 16.5. The monoisotopic (exact) mass is 332 g/mol. The molecule has 0 saturated carbocycles. The van der Waals surface area contributed by atoms with Crippen LogP contribution in [-0.2, 0) is 31.4 Å². The Morgan fingerprint density at radius 3 is 2.92 bits per heavy atom. The Kier molecular flexibility index (Phi) is 5.65. The Hall–Kier alpha value is -1.70. The van der Waals surface area contributed by atoms with Gasteiger partial charge in [-0.05, 0) is 20.2 Å². The summed E-state index contributed by atoms with van der Waals surface area (Å²) in [5.41, 5.74) is 1.26. The summed E-state index contributed by atoms with van der Waals surface area (Å²) in [6.45, 7) is 6.17. The molecule has 0 radical (unpaired) electrons. The van der Waals surface area contributed by atoms with Gasteiger partial charge < -0.3 is 14.2 Å². The summed E-state index contributed by atoms with van der Waals surface area (Å²) < 4.78 is 10.1. The lowest BCUT2D eigenvalue weighted by atomic mass is 10.1. The molecule has 0 N–H and O–H groups in total. The minimum Gasteiger partial charge on any atom is -0.380 e. The van der Waals surface area contributed by atoms with E-state index < -0.39 is 0 Å². The highest BCUT2D eigenvalue weighted by molar-refractivity contribution is 5.03. The van der Waals surface area contributed by atoms with Crippen molar-refractivity contribution in [2.45, 2.75) is 19.6 Å². The zero-order valence-corrected chi connectivity index (χ0v) is 14.9. The third-order valence-electron chi connectivity index (χ3n) is 4.46. The van der Waals surface area contributed by atoms with Gasteiger partial charge >= 0.3 is 0 Å². The topological polar surface area (TPSA) is 51.4 Å². The van der Waals surface area contributed by atoms with Gasteiger partial charge in [0.1, 0.15) is 5.82 Å². The fourth-order valence-corrected chi connectivity index (χ4v) is 3.09. The van der Waals surface area contributed by atoms with Crippen LogP contribution < -0.4 is 0 Å². The van der Waals surface area contributed by atoms with Crippen molar-refractivity contribution >= 4 is 0 Å². The van der Waals surface area contributed by atoms with Crippen LogP contribution in [0.4, 0.5) is 0 Å². The number of fused-ring (bicyclic) bond motifs is 1. The lowest BCUT2D eigenvalue weighted by Gasteiger charge is -2.23. The highest BCUT2D eigenvalue weighted by Gasteiger charge is 2.23. The number of aromatic nitrogens is 4. The number of ether oxygens (including phenoxy) is 1. The summed E-state index contributed by atoms with van der Waals surface area (Å²) in [4.78, 5) is 9.06. The van der Waals surface area contributed by atoms with Gasteiger partial charge in [-0.3, -0.25) is 9.58 Å². The van der Waals surface area contributed by atoms with Crippen LogP contribution >= 0.6 is 0 Å². The Morgan fingerprint density at radius 2 is 2.17 bits per heavy atom. The van der Waals surface area contributed by atoms with E-state index in [1.807, 2.05) is 25.6 Å². The molecule has 7 heteroatoms. The predicted octanol–water partition coefficient (Wildman–Crippen LogP) is 0.827. The normalized spacial score (nSPS) is 18.8. The first-order valence-corrected chi connectivity index (χ1v) is 8.53. The molecule has 3 heterocycles. The molecule has 0 bridgehead atoms. The van der Waals surface area contributed by atoms with Gasteiger partial charge in [0, 0.05) is 57.7 Å². The molecule has 132 valence electrons. The van der Waals surface area contributed by atoms with E-state index in [1.165, 1.54) is 5.69 Å². The first-order valence-electron chi connectivity index (χ1n) is 8.53. The molecule has 24 heavy (non-hydrogen) atoms. The van der Waals surface area contributed by atoms with Crippen molar-refractivity contribution in [1.29, 1.82) is 0 Å². The number of aryl methyl sites for hydroxylation is 1. The maximum atomic E-state index is 5.91. The average Bonchev–Trinajstić information content (AvgIpc) is 3.09. The first-order chi connectivity index (χ1) is 11.6. The second kappa shape index (κ2) is 7.92. The molecule has 0 amide bonds. The van der Waals surface area contributed by atoms with Gasteiger partial charge in [0.25, 0.3) is 0 Å². The zero-order valence-electron chi connectivity index (χ0n) is 14.9. The smallest absolute Gasteiger partial charge is 0.122 e. The molecule has 1 aliphatic rings. The van der Waals surface area contributed by atoms with E-state index in [-0.39, 0.29) is 0 Å². The van der Waals surface area contributed by atoms with Crippen molar-refractivity contribution < 1.29 is 4.74 Å². The molecule has 0 fully saturated rings. The van der Waals surface area contributed by atoms with E-state index >= 15 is 0 Å². The largest absolute Gasteiger partial charge is 0.380 e. The molecule has 1 unspecified atom stereocenters. The summed E-state index contributed by atoms with van der Waals surface area (Å²) in [6, 6.07) is 2.11.